The molecule has 0 spiro atoms. The van der Waals surface area contributed by atoms with E-state index in [0.29, 0.717) is 6.61 Å². The summed E-state index contributed by atoms with van der Waals surface area (Å²) in [5.41, 5.74) is 4.03. The van der Waals surface area contributed by atoms with Crippen molar-refractivity contribution in [3.63, 3.8) is 0 Å². The Bertz CT molecular complexity index is 905. The van der Waals surface area contributed by atoms with E-state index in [-0.39, 0.29) is 0 Å². The zero-order valence-corrected chi connectivity index (χ0v) is 14.6. The average Bonchev–Trinajstić information content (AvgIpc) is 2.71. The number of ether oxygens (including phenoxy) is 1. The molecule has 3 aromatic rings. The molecule has 0 aliphatic carbocycles. The van der Waals surface area contributed by atoms with Crippen LogP contribution in [0.1, 0.15) is 11.1 Å². The predicted octanol–water partition coefficient (Wildman–Crippen LogP) is 4.37. The highest BCUT2D eigenvalue weighted by molar-refractivity contribution is 5.80. The lowest BCUT2D eigenvalue weighted by Gasteiger charge is -2.08. The number of nitrogens with zero attached hydrogens (tertiary/aromatic N) is 1. The van der Waals surface area contributed by atoms with Crippen molar-refractivity contribution in [2.75, 3.05) is 6.61 Å². The molecule has 0 aliphatic heterocycles. The minimum atomic E-state index is -1.06. The minimum Gasteiger partial charge on any atom is -0.489 e. The SMILES string of the molecule is O=C(O)CO/N=C/c1ccc(-c2cccc(OCc3ccccc3)c2)cc1. The van der Waals surface area contributed by atoms with Gasteiger partial charge in [-0.15, -0.1) is 0 Å². The first-order valence-electron chi connectivity index (χ1n) is 8.45. The van der Waals surface area contributed by atoms with Gasteiger partial charge in [-0.1, -0.05) is 71.9 Å². The third-order valence-corrected chi connectivity index (χ3v) is 3.79. The molecule has 3 rings (SSSR count). The molecular formula is C22H19NO4. The van der Waals surface area contributed by atoms with Gasteiger partial charge in [-0.3, -0.25) is 0 Å². The Morgan fingerprint density at radius 2 is 1.70 bits per heavy atom. The zero-order chi connectivity index (χ0) is 18.9. The fourth-order valence-corrected chi connectivity index (χ4v) is 2.46. The number of aliphatic carboxylic acids is 1. The molecule has 0 bridgehead atoms. The normalized spacial score (nSPS) is 10.7. The molecule has 0 aromatic heterocycles. The molecule has 0 heterocycles. The first-order valence-corrected chi connectivity index (χ1v) is 8.45. The van der Waals surface area contributed by atoms with Crippen LogP contribution in [0.4, 0.5) is 0 Å². The second kappa shape index (κ2) is 9.20. The van der Waals surface area contributed by atoms with Crippen molar-refractivity contribution >= 4 is 12.2 Å². The first kappa shape index (κ1) is 18.2. The summed E-state index contributed by atoms with van der Waals surface area (Å²) in [4.78, 5) is 15.0. The number of rotatable bonds is 8. The molecule has 0 aliphatic rings. The molecule has 5 nitrogen and oxygen atoms in total. The third-order valence-electron chi connectivity index (χ3n) is 3.79. The maximum absolute atomic E-state index is 10.4. The summed E-state index contributed by atoms with van der Waals surface area (Å²) >= 11 is 0. The van der Waals surface area contributed by atoms with Gasteiger partial charge in [0, 0.05) is 0 Å². The summed E-state index contributed by atoms with van der Waals surface area (Å²) in [5.74, 6) is -0.249. The molecule has 0 atom stereocenters. The van der Waals surface area contributed by atoms with Crippen LogP contribution < -0.4 is 4.74 Å². The smallest absolute Gasteiger partial charge is 0.344 e. The molecule has 0 fully saturated rings. The molecule has 0 amide bonds. The molecule has 0 radical (unpaired) electrons. The lowest BCUT2D eigenvalue weighted by molar-refractivity contribution is -0.142. The van der Waals surface area contributed by atoms with Gasteiger partial charge in [0.25, 0.3) is 0 Å². The Hall–Kier alpha value is -3.60. The molecule has 1 N–H and O–H groups in total. The summed E-state index contributed by atoms with van der Waals surface area (Å²) in [7, 11) is 0. The van der Waals surface area contributed by atoms with Crippen LogP contribution in [-0.2, 0) is 16.2 Å². The zero-order valence-electron chi connectivity index (χ0n) is 14.6. The number of oxime groups is 1. The quantitative estimate of drug-likeness (QED) is 0.478. The van der Waals surface area contributed by atoms with Crippen LogP contribution in [0.15, 0.2) is 84.0 Å². The molecule has 5 heteroatoms. The van der Waals surface area contributed by atoms with Gasteiger partial charge in [0.15, 0.2) is 0 Å². The molecular weight excluding hydrogens is 342 g/mol. The van der Waals surface area contributed by atoms with Gasteiger partial charge in [-0.25, -0.2) is 4.79 Å². The van der Waals surface area contributed by atoms with Crippen molar-refractivity contribution in [1.29, 1.82) is 0 Å². The summed E-state index contributed by atoms with van der Waals surface area (Å²) < 4.78 is 5.88. The van der Waals surface area contributed by atoms with E-state index in [1.165, 1.54) is 6.21 Å². The predicted molar refractivity (Wildman–Crippen MR) is 104 cm³/mol. The molecule has 27 heavy (non-hydrogen) atoms. The van der Waals surface area contributed by atoms with Gasteiger partial charge < -0.3 is 14.7 Å². The van der Waals surface area contributed by atoms with Crippen molar-refractivity contribution in [2.24, 2.45) is 5.16 Å². The summed E-state index contributed by atoms with van der Waals surface area (Å²) in [6, 6.07) is 25.7. The number of hydrogen-bond acceptors (Lipinski definition) is 4. The van der Waals surface area contributed by atoms with Gasteiger partial charge in [-0.05, 0) is 34.4 Å². The topological polar surface area (TPSA) is 68.1 Å². The Kier molecular flexibility index (Phi) is 6.20. The van der Waals surface area contributed by atoms with Gasteiger partial charge in [0.05, 0.1) is 6.21 Å². The van der Waals surface area contributed by atoms with Crippen LogP contribution in [0.5, 0.6) is 5.75 Å². The molecule has 136 valence electrons. The standard InChI is InChI=1S/C22H19NO4/c24-22(25)16-27-23-14-17-9-11-19(12-10-17)20-7-4-8-21(13-20)26-15-18-5-2-1-3-6-18/h1-14H,15-16H2,(H,24,25)/b23-14+. The fourth-order valence-electron chi connectivity index (χ4n) is 2.46. The number of carboxylic acids is 1. The van der Waals surface area contributed by atoms with Crippen molar-refractivity contribution in [3.05, 3.63) is 90.0 Å². The van der Waals surface area contributed by atoms with E-state index < -0.39 is 12.6 Å². The molecule has 0 unspecified atom stereocenters. The highest BCUT2D eigenvalue weighted by Crippen LogP contribution is 2.24. The highest BCUT2D eigenvalue weighted by atomic mass is 16.6. The second-order valence-electron chi connectivity index (χ2n) is 5.83. The van der Waals surface area contributed by atoms with Crippen LogP contribution >= 0.6 is 0 Å². The highest BCUT2D eigenvalue weighted by Gasteiger charge is 2.01. The van der Waals surface area contributed by atoms with E-state index in [9.17, 15) is 4.79 Å². The lowest BCUT2D eigenvalue weighted by atomic mass is 10.0. The second-order valence-corrected chi connectivity index (χ2v) is 5.83. The van der Waals surface area contributed by atoms with E-state index in [4.69, 9.17) is 9.84 Å². The molecule has 0 saturated carbocycles. The maximum Gasteiger partial charge on any atom is 0.344 e. The van der Waals surface area contributed by atoms with Crippen LogP contribution in [0.25, 0.3) is 11.1 Å². The Morgan fingerprint density at radius 1 is 0.926 bits per heavy atom. The van der Waals surface area contributed by atoms with Crippen molar-refractivity contribution in [2.45, 2.75) is 6.61 Å². The number of hydrogen-bond donors (Lipinski definition) is 1. The summed E-state index contributed by atoms with van der Waals surface area (Å²) in [6.45, 7) is 0.0698. The van der Waals surface area contributed by atoms with E-state index in [1.54, 1.807) is 0 Å². The lowest BCUT2D eigenvalue weighted by Crippen LogP contribution is -2.03. The summed E-state index contributed by atoms with van der Waals surface area (Å²) in [6.07, 6.45) is 1.48. The monoisotopic (exact) mass is 361 g/mol. The van der Waals surface area contributed by atoms with Crippen molar-refractivity contribution < 1.29 is 19.5 Å². The fraction of sp³-hybridized carbons (Fsp3) is 0.0909. The van der Waals surface area contributed by atoms with Crippen LogP contribution in [0, 0.1) is 0 Å². The Balaban J connectivity index is 1.63. The maximum atomic E-state index is 10.4. The number of benzene rings is 3. The van der Waals surface area contributed by atoms with Crippen molar-refractivity contribution in [1.82, 2.24) is 0 Å². The summed E-state index contributed by atoms with van der Waals surface area (Å²) in [5, 5.41) is 12.1. The number of carbonyl (C=O) groups is 1. The van der Waals surface area contributed by atoms with Crippen molar-refractivity contribution in [3.8, 4) is 16.9 Å². The Morgan fingerprint density at radius 3 is 2.44 bits per heavy atom. The third kappa shape index (κ3) is 5.71. The number of carboxylic acid groups (broad SMARTS) is 1. The van der Waals surface area contributed by atoms with E-state index in [1.807, 2.05) is 78.9 Å². The van der Waals surface area contributed by atoms with Gasteiger partial charge in [0.2, 0.25) is 6.61 Å². The average molecular weight is 361 g/mol. The minimum absolute atomic E-state index is 0.454. The van der Waals surface area contributed by atoms with E-state index >= 15 is 0 Å². The largest absolute Gasteiger partial charge is 0.489 e. The Labute approximate surface area is 157 Å². The molecule has 0 saturated heterocycles. The van der Waals surface area contributed by atoms with Crippen LogP contribution in [0.3, 0.4) is 0 Å². The van der Waals surface area contributed by atoms with Crippen LogP contribution in [-0.4, -0.2) is 23.9 Å². The van der Waals surface area contributed by atoms with Gasteiger partial charge in [0.1, 0.15) is 12.4 Å². The van der Waals surface area contributed by atoms with Crippen LogP contribution in [0.2, 0.25) is 0 Å². The molecule has 3 aromatic carbocycles. The van der Waals surface area contributed by atoms with E-state index in [2.05, 4.69) is 9.99 Å². The van der Waals surface area contributed by atoms with E-state index in [0.717, 1.165) is 28.0 Å². The van der Waals surface area contributed by atoms with Gasteiger partial charge in [-0.2, -0.15) is 0 Å². The first-order chi connectivity index (χ1) is 13.2. The van der Waals surface area contributed by atoms with Gasteiger partial charge >= 0.3 is 5.97 Å².